The summed E-state index contributed by atoms with van der Waals surface area (Å²) in [5.41, 5.74) is 1.37. The molecular formula is C12H11Cl. The van der Waals surface area contributed by atoms with Gasteiger partial charge in [-0.05, 0) is 30.0 Å². The van der Waals surface area contributed by atoms with E-state index in [4.69, 9.17) is 11.6 Å². The summed E-state index contributed by atoms with van der Waals surface area (Å²) in [7, 11) is 0. The number of hydrogen-bond acceptors (Lipinski definition) is 0. The summed E-state index contributed by atoms with van der Waals surface area (Å²) in [5.74, 6) is 6.91. The molecule has 0 heterocycles. The molecule has 66 valence electrons. The molecule has 0 bridgehead atoms. The minimum Gasteiger partial charge on any atom is -0.103 e. The zero-order valence-electron chi connectivity index (χ0n) is 7.39. The van der Waals surface area contributed by atoms with Crippen LogP contribution in [0.1, 0.15) is 30.7 Å². The molecule has 0 saturated heterocycles. The Bertz CT molecular complexity index is 340. The first kappa shape index (κ1) is 8.66. The third-order valence-electron chi connectivity index (χ3n) is 2.43. The van der Waals surface area contributed by atoms with Crippen LogP contribution in [0.15, 0.2) is 24.3 Å². The topological polar surface area (TPSA) is 0 Å². The standard InChI is InChI=1S/C12H11Cl/c13-12-8-6-11(7-9-12)10-4-2-1-3-5-10/h6-10H,2,4-5H2. The van der Waals surface area contributed by atoms with Gasteiger partial charge in [0.05, 0.1) is 0 Å². The van der Waals surface area contributed by atoms with Crippen molar-refractivity contribution in [3.8, 4) is 11.8 Å². The van der Waals surface area contributed by atoms with Crippen molar-refractivity contribution in [2.45, 2.75) is 25.2 Å². The average Bonchev–Trinajstić information content (AvgIpc) is 2.20. The van der Waals surface area contributed by atoms with Gasteiger partial charge in [0.25, 0.3) is 0 Å². The van der Waals surface area contributed by atoms with Crippen molar-refractivity contribution >= 4 is 11.6 Å². The van der Waals surface area contributed by atoms with E-state index in [1.165, 1.54) is 12.0 Å². The van der Waals surface area contributed by atoms with E-state index >= 15 is 0 Å². The highest BCUT2D eigenvalue weighted by Gasteiger charge is 2.11. The van der Waals surface area contributed by atoms with E-state index in [9.17, 15) is 0 Å². The molecule has 0 amide bonds. The lowest BCUT2D eigenvalue weighted by molar-refractivity contribution is 0.641. The summed E-state index contributed by atoms with van der Waals surface area (Å²) in [4.78, 5) is 0. The predicted octanol–water partition coefficient (Wildman–Crippen LogP) is 3.61. The summed E-state index contributed by atoms with van der Waals surface area (Å²) >= 11 is 5.82. The second kappa shape index (κ2) is 3.85. The third-order valence-corrected chi connectivity index (χ3v) is 2.68. The first-order chi connectivity index (χ1) is 6.36. The van der Waals surface area contributed by atoms with Gasteiger partial charge in [-0.2, -0.15) is 0 Å². The van der Waals surface area contributed by atoms with Crippen molar-refractivity contribution in [1.29, 1.82) is 0 Å². The summed E-state index contributed by atoms with van der Waals surface area (Å²) in [6.07, 6.45) is 3.23. The van der Waals surface area contributed by atoms with Crippen LogP contribution in [-0.2, 0) is 0 Å². The molecule has 0 radical (unpaired) electrons. The minimum absolute atomic E-state index is 0.624. The Morgan fingerprint density at radius 2 is 1.92 bits per heavy atom. The van der Waals surface area contributed by atoms with Crippen LogP contribution in [0, 0.1) is 11.8 Å². The van der Waals surface area contributed by atoms with E-state index in [0.29, 0.717) is 5.92 Å². The fourth-order valence-corrected chi connectivity index (χ4v) is 1.78. The van der Waals surface area contributed by atoms with Crippen LogP contribution in [0.2, 0.25) is 5.02 Å². The maximum absolute atomic E-state index is 5.82. The van der Waals surface area contributed by atoms with E-state index in [1.54, 1.807) is 0 Å². The normalized spacial score (nSPS) is 20.5. The summed E-state index contributed by atoms with van der Waals surface area (Å²) < 4.78 is 0. The zero-order valence-corrected chi connectivity index (χ0v) is 8.14. The molecule has 1 atom stereocenters. The SMILES string of the molecule is Clc1ccc(C2CC#CCC2)cc1. The number of halogens is 1. The predicted molar refractivity (Wildman–Crippen MR) is 55.8 cm³/mol. The summed E-state index contributed by atoms with van der Waals surface area (Å²) in [5, 5.41) is 0.811. The van der Waals surface area contributed by atoms with E-state index in [2.05, 4.69) is 24.0 Å². The van der Waals surface area contributed by atoms with Gasteiger partial charge in [-0.15, -0.1) is 11.8 Å². The quantitative estimate of drug-likeness (QED) is 0.594. The van der Waals surface area contributed by atoms with Crippen LogP contribution in [0.25, 0.3) is 0 Å². The van der Waals surface area contributed by atoms with Gasteiger partial charge in [0.1, 0.15) is 0 Å². The average molecular weight is 191 g/mol. The van der Waals surface area contributed by atoms with Crippen LogP contribution in [0.3, 0.4) is 0 Å². The lowest BCUT2D eigenvalue weighted by Gasteiger charge is -2.15. The van der Waals surface area contributed by atoms with E-state index in [1.807, 2.05) is 12.1 Å². The van der Waals surface area contributed by atoms with Crippen LogP contribution in [-0.4, -0.2) is 0 Å². The van der Waals surface area contributed by atoms with E-state index in [-0.39, 0.29) is 0 Å². The van der Waals surface area contributed by atoms with E-state index < -0.39 is 0 Å². The Balaban J connectivity index is 2.17. The molecule has 0 spiro atoms. The second-order valence-electron chi connectivity index (χ2n) is 3.34. The maximum Gasteiger partial charge on any atom is 0.0406 e. The lowest BCUT2D eigenvalue weighted by Crippen LogP contribution is -2.00. The largest absolute Gasteiger partial charge is 0.103 e. The van der Waals surface area contributed by atoms with Crippen molar-refractivity contribution in [2.24, 2.45) is 0 Å². The molecule has 1 aromatic rings. The molecule has 0 aliphatic heterocycles. The Hall–Kier alpha value is -0.930. The first-order valence-electron chi connectivity index (χ1n) is 4.57. The van der Waals surface area contributed by atoms with Crippen molar-refractivity contribution in [1.82, 2.24) is 0 Å². The Morgan fingerprint density at radius 1 is 1.15 bits per heavy atom. The fraction of sp³-hybridized carbons (Fsp3) is 0.333. The fourth-order valence-electron chi connectivity index (χ4n) is 1.65. The first-order valence-corrected chi connectivity index (χ1v) is 4.95. The Labute approximate surface area is 83.9 Å². The molecule has 1 aliphatic carbocycles. The maximum atomic E-state index is 5.82. The van der Waals surface area contributed by atoms with Gasteiger partial charge < -0.3 is 0 Å². The highest BCUT2D eigenvalue weighted by Crippen LogP contribution is 2.27. The highest BCUT2D eigenvalue weighted by molar-refractivity contribution is 6.30. The number of hydrogen-bond donors (Lipinski definition) is 0. The molecule has 1 unspecified atom stereocenters. The van der Waals surface area contributed by atoms with Crippen LogP contribution in [0.5, 0.6) is 0 Å². The monoisotopic (exact) mass is 190 g/mol. The van der Waals surface area contributed by atoms with Crippen molar-refractivity contribution in [2.75, 3.05) is 0 Å². The minimum atomic E-state index is 0.624. The Kier molecular flexibility index (Phi) is 2.57. The van der Waals surface area contributed by atoms with Crippen LogP contribution >= 0.6 is 11.6 Å². The molecule has 1 heteroatoms. The summed E-state index contributed by atoms with van der Waals surface area (Å²) in [6, 6.07) is 8.14. The molecule has 2 rings (SSSR count). The molecule has 13 heavy (non-hydrogen) atoms. The summed E-state index contributed by atoms with van der Waals surface area (Å²) in [6.45, 7) is 0. The lowest BCUT2D eigenvalue weighted by atomic mass is 9.89. The smallest absolute Gasteiger partial charge is 0.0406 e. The van der Waals surface area contributed by atoms with Gasteiger partial charge >= 0.3 is 0 Å². The van der Waals surface area contributed by atoms with Gasteiger partial charge in [-0.1, -0.05) is 23.7 Å². The zero-order chi connectivity index (χ0) is 9.10. The van der Waals surface area contributed by atoms with E-state index in [0.717, 1.165) is 17.9 Å². The molecular weight excluding hydrogens is 180 g/mol. The van der Waals surface area contributed by atoms with Crippen LogP contribution < -0.4 is 0 Å². The van der Waals surface area contributed by atoms with Gasteiger partial charge in [0.2, 0.25) is 0 Å². The molecule has 1 aromatic carbocycles. The molecule has 0 saturated carbocycles. The molecule has 1 aliphatic rings. The van der Waals surface area contributed by atoms with Crippen LogP contribution in [0.4, 0.5) is 0 Å². The second-order valence-corrected chi connectivity index (χ2v) is 3.78. The van der Waals surface area contributed by atoms with Gasteiger partial charge in [-0.25, -0.2) is 0 Å². The van der Waals surface area contributed by atoms with Gasteiger partial charge in [0.15, 0.2) is 0 Å². The van der Waals surface area contributed by atoms with Crippen molar-refractivity contribution < 1.29 is 0 Å². The number of benzene rings is 1. The molecule has 0 fully saturated rings. The third kappa shape index (κ3) is 2.05. The van der Waals surface area contributed by atoms with Crippen molar-refractivity contribution in [3.63, 3.8) is 0 Å². The highest BCUT2D eigenvalue weighted by atomic mass is 35.5. The Morgan fingerprint density at radius 3 is 2.54 bits per heavy atom. The molecule has 0 nitrogen and oxygen atoms in total. The number of rotatable bonds is 1. The molecule has 0 aromatic heterocycles. The van der Waals surface area contributed by atoms with Gasteiger partial charge in [0, 0.05) is 17.9 Å². The van der Waals surface area contributed by atoms with Crippen molar-refractivity contribution in [3.05, 3.63) is 34.9 Å². The van der Waals surface area contributed by atoms with Gasteiger partial charge in [-0.3, -0.25) is 0 Å². The molecule has 0 N–H and O–H groups in total.